The number of aryl methyl sites for hydroxylation is 1. The molecule has 0 saturated carbocycles. The number of benzene rings is 2. The molecule has 3 amide bonds. The molecule has 4 atom stereocenters. The molecule has 1 spiro atoms. The fourth-order valence-electron chi connectivity index (χ4n) is 6.47. The largest absolute Gasteiger partial charge is 0.324 e. The number of carbonyl (C=O) groups excluding carboxylic acids is 3. The summed E-state index contributed by atoms with van der Waals surface area (Å²) in [6.45, 7) is 2.67. The monoisotopic (exact) mass is 446 g/mol. The van der Waals surface area contributed by atoms with Crippen LogP contribution in [0.2, 0.25) is 0 Å². The highest BCUT2D eigenvalue weighted by Crippen LogP contribution is 2.60. The van der Waals surface area contributed by atoms with E-state index >= 15 is 0 Å². The summed E-state index contributed by atoms with van der Waals surface area (Å²) >= 11 is 0. The van der Waals surface area contributed by atoms with Crippen molar-refractivity contribution in [1.29, 1.82) is 0 Å². The predicted octanol–water partition coefficient (Wildman–Crippen LogP) is 2.59. The van der Waals surface area contributed by atoms with Gasteiger partial charge in [-0.3, -0.25) is 29.4 Å². The van der Waals surface area contributed by atoms with Crippen LogP contribution in [0.5, 0.6) is 0 Å². The van der Waals surface area contributed by atoms with Crippen LogP contribution in [0.15, 0.2) is 42.5 Å². The number of nitrogens with one attached hydrogen (secondary N) is 1. The second-order valence-corrected chi connectivity index (χ2v) is 9.15. The van der Waals surface area contributed by atoms with Gasteiger partial charge in [-0.1, -0.05) is 25.1 Å². The second kappa shape index (κ2) is 6.71. The van der Waals surface area contributed by atoms with E-state index in [2.05, 4.69) is 10.2 Å². The highest BCUT2D eigenvalue weighted by Gasteiger charge is 2.74. The van der Waals surface area contributed by atoms with Crippen molar-refractivity contribution in [3.05, 3.63) is 63.7 Å². The Hall–Kier alpha value is -3.59. The quantitative estimate of drug-likeness (QED) is 0.441. The minimum absolute atomic E-state index is 0.175. The maximum Gasteiger partial charge on any atom is 0.271 e. The summed E-state index contributed by atoms with van der Waals surface area (Å²) < 4.78 is 0. The van der Waals surface area contributed by atoms with Gasteiger partial charge in [-0.15, -0.1) is 0 Å². The van der Waals surface area contributed by atoms with E-state index in [0.29, 0.717) is 12.2 Å². The molecule has 0 bridgehead atoms. The highest BCUT2D eigenvalue weighted by molar-refractivity contribution is 6.26. The molecule has 9 heteroatoms. The molecule has 4 aliphatic rings. The van der Waals surface area contributed by atoms with Crippen molar-refractivity contribution >= 4 is 34.8 Å². The number of fused-ring (bicyclic) bond motifs is 7. The first-order valence-electron chi connectivity index (χ1n) is 11.2. The van der Waals surface area contributed by atoms with Crippen molar-refractivity contribution in [3.63, 3.8) is 0 Å². The van der Waals surface area contributed by atoms with Crippen LogP contribution in [0.1, 0.15) is 30.9 Å². The molecule has 0 aromatic heterocycles. The van der Waals surface area contributed by atoms with Crippen LogP contribution in [0.25, 0.3) is 0 Å². The molecule has 4 heterocycles. The average Bonchev–Trinajstić information content (AvgIpc) is 3.51. The number of nitrogens with zero attached hydrogens (tertiary/aromatic N) is 3. The normalized spacial score (nSPS) is 30.0. The molecular weight excluding hydrogens is 424 g/mol. The lowest BCUT2D eigenvalue weighted by molar-refractivity contribution is -0.384. The lowest BCUT2D eigenvalue weighted by atomic mass is 9.75. The molecule has 2 aromatic carbocycles. The minimum Gasteiger partial charge on any atom is -0.324 e. The fourth-order valence-corrected chi connectivity index (χ4v) is 6.47. The Morgan fingerprint density at radius 1 is 1.15 bits per heavy atom. The Kier molecular flexibility index (Phi) is 4.08. The van der Waals surface area contributed by atoms with E-state index in [1.165, 1.54) is 24.3 Å². The van der Waals surface area contributed by atoms with E-state index in [4.69, 9.17) is 0 Å². The first-order chi connectivity index (χ1) is 15.9. The third-order valence-electron chi connectivity index (χ3n) is 7.76. The zero-order valence-corrected chi connectivity index (χ0v) is 18.0. The van der Waals surface area contributed by atoms with Crippen molar-refractivity contribution in [2.75, 3.05) is 16.8 Å². The molecule has 0 unspecified atom stereocenters. The fraction of sp³-hybridized carbons (Fsp3) is 0.375. The minimum atomic E-state index is -1.24. The molecule has 1 N–H and O–H groups in total. The number of hydrogen-bond donors (Lipinski definition) is 1. The number of amides is 3. The Morgan fingerprint density at radius 3 is 2.73 bits per heavy atom. The Bertz CT molecular complexity index is 1260. The number of nitro benzene ring substituents is 1. The van der Waals surface area contributed by atoms with Crippen LogP contribution in [-0.2, 0) is 26.3 Å². The Labute approximate surface area is 189 Å². The molecule has 2 aromatic rings. The highest BCUT2D eigenvalue weighted by atomic mass is 16.6. The maximum absolute atomic E-state index is 13.9. The smallest absolute Gasteiger partial charge is 0.271 e. The zero-order chi connectivity index (χ0) is 23.1. The second-order valence-electron chi connectivity index (χ2n) is 9.15. The molecule has 6 rings (SSSR count). The van der Waals surface area contributed by atoms with E-state index in [9.17, 15) is 24.5 Å². The van der Waals surface area contributed by atoms with E-state index in [-0.39, 0.29) is 29.2 Å². The van der Waals surface area contributed by atoms with Crippen molar-refractivity contribution < 1.29 is 19.3 Å². The molecule has 9 nitrogen and oxygen atoms in total. The van der Waals surface area contributed by atoms with Gasteiger partial charge in [0.25, 0.3) is 5.69 Å². The van der Waals surface area contributed by atoms with E-state index in [0.717, 1.165) is 35.3 Å². The van der Waals surface area contributed by atoms with Gasteiger partial charge in [0, 0.05) is 29.4 Å². The van der Waals surface area contributed by atoms with Crippen molar-refractivity contribution in [2.24, 2.45) is 11.8 Å². The average molecular weight is 446 g/mol. The molecule has 33 heavy (non-hydrogen) atoms. The first-order valence-corrected chi connectivity index (χ1v) is 11.2. The summed E-state index contributed by atoms with van der Waals surface area (Å²) in [5, 5.41) is 14.2. The molecule has 0 radical (unpaired) electrons. The van der Waals surface area contributed by atoms with Gasteiger partial charge in [-0.25, -0.2) is 4.90 Å². The van der Waals surface area contributed by atoms with E-state index in [1.807, 2.05) is 25.1 Å². The maximum atomic E-state index is 13.9. The van der Waals surface area contributed by atoms with Crippen LogP contribution >= 0.6 is 0 Å². The van der Waals surface area contributed by atoms with Crippen LogP contribution in [-0.4, -0.2) is 40.1 Å². The number of imide groups is 1. The number of rotatable bonds is 3. The van der Waals surface area contributed by atoms with Crippen LogP contribution in [0, 0.1) is 22.0 Å². The van der Waals surface area contributed by atoms with Gasteiger partial charge in [0.1, 0.15) is 5.54 Å². The molecule has 168 valence electrons. The standard InChI is InChI=1S/C24H22N4O5/c1-2-13-8-9-17-16(11-13)24(23(31)25-17)20-19(18-7-4-10-26(18)24)21(29)27(22(20)30)14-5-3-6-15(12-14)28(32)33/h3,5-6,8-9,11-12,18-20H,2,4,7,10H2,1H3,(H,25,31)/t18-,19-,20-,24+/m1/s1. The predicted molar refractivity (Wildman–Crippen MR) is 118 cm³/mol. The van der Waals surface area contributed by atoms with Gasteiger partial charge >= 0.3 is 0 Å². The van der Waals surface area contributed by atoms with Gasteiger partial charge in [-0.2, -0.15) is 0 Å². The van der Waals surface area contributed by atoms with E-state index in [1.54, 1.807) is 0 Å². The van der Waals surface area contributed by atoms with Crippen molar-refractivity contribution in [3.8, 4) is 0 Å². The van der Waals surface area contributed by atoms with Gasteiger partial charge < -0.3 is 5.32 Å². The van der Waals surface area contributed by atoms with Gasteiger partial charge in [0.15, 0.2) is 0 Å². The lowest BCUT2D eigenvalue weighted by Crippen LogP contribution is -2.54. The summed E-state index contributed by atoms with van der Waals surface area (Å²) in [5.74, 6) is -2.66. The number of hydrogen-bond acceptors (Lipinski definition) is 6. The van der Waals surface area contributed by atoms with Gasteiger partial charge in [0.2, 0.25) is 17.7 Å². The molecule has 4 aliphatic heterocycles. The van der Waals surface area contributed by atoms with Crippen LogP contribution in [0.3, 0.4) is 0 Å². The van der Waals surface area contributed by atoms with Crippen molar-refractivity contribution in [2.45, 2.75) is 37.8 Å². The van der Waals surface area contributed by atoms with Crippen molar-refractivity contribution in [1.82, 2.24) is 4.90 Å². The number of anilines is 2. The molecular formula is C24H22N4O5. The topological polar surface area (TPSA) is 113 Å². The summed E-state index contributed by atoms with van der Waals surface area (Å²) in [7, 11) is 0. The zero-order valence-electron chi connectivity index (χ0n) is 18.0. The molecule has 3 fully saturated rings. The van der Waals surface area contributed by atoms with Crippen LogP contribution in [0.4, 0.5) is 17.1 Å². The summed E-state index contributed by atoms with van der Waals surface area (Å²) in [6, 6.07) is 11.2. The van der Waals surface area contributed by atoms with E-state index < -0.39 is 28.2 Å². The van der Waals surface area contributed by atoms with Gasteiger partial charge in [-0.05, 0) is 43.5 Å². The lowest BCUT2D eigenvalue weighted by Gasteiger charge is -2.36. The molecule has 0 aliphatic carbocycles. The third-order valence-corrected chi connectivity index (χ3v) is 7.76. The van der Waals surface area contributed by atoms with Crippen LogP contribution < -0.4 is 10.2 Å². The summed E-state index contributed by atoms with van der Waals surface area (Å²) in [4.78, 5) is 55.1. The molecule has 3 saturated heterocycles. The SMILES string of the molecule is CCc1ccc2c(c1)[C@@]1(C(=O)N2)[C@H]2C(=O)N(c3cccc([N+](=O)[O-])c3)C(=O)[C@@H]2[C@H]2CCCN21. The first kappa shape index (κ1) is 20.0. The Balaban J connectivity index is 1.54. The number of nitro groups is 1. The Morgan fingerprint density at radius 2 is 1.97 bits per heavy atom. The number of non-ortho nitro benzene ring substituents is 1. The summed E-state index contributed by atoms with van der Waals surface area (Å²) in [6.07, 6.45) is 2.34. The third kappa shape index (κ3) is 2.37. The number of carbonyl (C=O) groups is 3. The van der Waals surface area contributed by atoms with Gasteiger partial charge in [0.05, 0.1) is 22.4 Å². The summed E-state index contributed by atoms with van der Waals surface area (Å²) in [5.41, 5.74) is 1.23.